The molecular weight excluding hydrogens is 328 g/mol. The van der Waals surface area contributed by atoms with Crippen molar-refractivity contribution < 1.29 is 9.15 Å². The van der Waals surface area contributed by atoms with Gasteiger partial charge in [-0.15, -0.1) is 5.54 Å². The minimum Gasteiger partial charge on any atom is -0.497 e. The Hall–Kier alpha value is -2.77. The summed E-state index contributed by atoms with van der Waals surface area (Å²) in [5.41, 5.74) is 5.83. The maximum absolute atomic E-state index is 12.3. The molecule has 126 valence electrons. The van der Waals surface area contributed by atoms with E-state index in [2.05, 4.69) is 31.1 Å². The second-order valence-electron chi connectivity index (χ2n) is 6.93. The number of rotatable bonds is 2. The Bertz CT molecular complexity index is 1030. The molecule has 0 spiro atoms. The fraction of sp³-hybridized carbons (Fsp3) is 0.190. The van der Waals surface area contributed by atoms with E-state index in [1.165, 1.54) is 0 Å². The highest BCUT2D eigenvalue weighted by molar-refractivity contribution is 6.83. The number of hydrogen-bond donors (Lipinski definition) is 0. The monoisotopic (exact) mass is 348 g/mol. The van der Waals surface area contributed by atoms with Gasteiger partial charge in [-0.1, -0.05) is 37.7 Å². The second-order valence-corrected chi connectivity index (χ2v) is 11.7. The van der Waals surface area contributed by atoms with Crippen LogP contribution in [-0.4, -0.2) is 15.2 Å². The maximum Gasteiger partial charge on any atom is 0.344 e. The molecule has 0 fully saturated rings. The molecule has 25 heavy (non-hydrogen) atoms. The lowest BCUT2D eigenvalue weighted by Crippen LogP contribution is -2.16. The van der Waals surface area contributed by atoms with Crippen LogP contribution in [-0.2, 0) is 0 Å². The van der Waals surface area contributed by atoms with Crippen LogP contribution in [0.3, 0.4) is 0 Å². The summed E-state index contributed by atoms with van der Waals surface area (Å²) >= 11 is 0. The third-order valence-corrected chi connectivity index (χ3v) is 4.60. The predicted molar refractivity (Wildman–Crippen MR) is 105 cm³/mol. The summed E-state index contributed by atoms with van der Waals surface area (Å²) in [5, 5.41) is 0.859. The van der Waals surface area contributed by atoms with Gasteiger partial charge in [-0.3, -0.25) is 0 Å². The molecule has 0 bridgehead atoms. The first-order chi connectivity index (χ1) is 11.9. The van der Waals surface area contributed by atoms with Crippen LogP contribution in [0, 0.1) is 11.5 Å². The molecule has 0 atom stereocenters. The molecule has 0 saturated carbocycles. The van der Waals surface area contributed by atoms with Gasteiger partial charge in [-0.2, -0.15) is 0 Å². The molecule has 0 aliphatic carbocycles. The minimum atomic E-state index is -1.40. The Morgan fingerprint density at radius 1 is 1.00 bits per heavy atom. The first-order valence-electron chi connectivity index (χ1n) is 8.11. The molecule has 3 nitrogen and oxygen atoms in total. The van der Waals surface area contributed by atoms with E-state index in [0.717, 1.165) is 16.5 Å². The molecule has 0 aliphatic heterocycles. The highest BCUT2D eigenvalue weighted by Gasteiger charge is 2.09. The lowest BCUT2D eigenvalue weighted by atomic mass is 10.0. The van der Waals surface area contributed by atoms with Crippen LogP contribution < -0.4 is 10.4 Å². The van der Waals surface area contributed by atoms with E-state index in [1.54, 1.807) is 13.2 Å². The van der Waals surface area contributed by atoms with Gasteiger partial charge in [0.05, 0.1) is 12.7 Å². The third-order valence-electron chi connectivity index (χ3n) is 3.72. The van der Waals surface area contributed by atoms with Gasteiger partial charge in [-0.25, -0.2) is 4.79 Å². The third kappa shape index (κ3) is 4.01. The SMILES string of the molecule is COc1ccc2cc(-c3ccc(C#C[Si](C)(C)C)cc3)c(=O)oc2c1. The van der Waals surface area contributed by atoms with Crippen molar-refractivity contribution in [1.82, 2.24) is 0 Å². The molecule has 0 amide bonds. The van der Waals surface area contributed by atoms with Gasteiger partial charge in [-0.05, 0) is 35.9 Å². The summed E-state index contributed by atoms with van der Waals surface area (Å²) in [4.78, 5) is 12.3. The van der Waals surface area contributed by atoms with E-state index in [1.807, 2.05) is 42.5 Å². The van der Waals surface area contributed by atoms with Crippen molar-refractivity contribution in [3.63, 3.8) is 0 Å². The van der Waals surface area contributed by atoms with Gasteiger partial charge < -0.3 is 9.15 Å². The molecule has 2 aromatic carbocycles. The minimum absolute atomic E-state index is 0.360. The summed E-state index contributed by atoms with van der Waals surface area (Å²) < 4.78 is 10.6. The molecule has 3 aromatic rings. The summed E-state index contributed by atoms with van der Waals surface area (Å²) in [5.74, 6) is 3.88. The predicted octanol–water partition coefficient (Wildman–Crippen LogP) is 4.70. The van der Waals surface area contributed by atoms with Crippen LogP contribution >= 0.6 is 0 Å². The van der Waals surface area contributed by atoms with Crippen molar-refractivity contribution in [3.05, 3.63) is 64.5 Å². The summed E-state index contributed by atoms with van der Waals surface area (Å²) in [7, 11) is 0.182. The first-order valence-corrected chi connectivity index (χ1v) is 11.6. The van der Waals surface area contributed by atoms with E-state index >= 15 is 0 Å². The smallest absolute Gasteiger partial charge is 0.344 e. The molecule has 1 aromatic heterocycles. The van der Waals surface area contributed by atoms with Gasteiger partial charge in [0.1, 0.15) is 19.4 Å². The summed E-state index contributed by atoms with van der Waals surface area (Å²) in [6.07, 6.45) is 0. The summed E-state index contributed by atoms with van der Waals surface area (Å²) in [6.45, 7) is 6.64. The first kappa shape index (κ1) is 17.1. The zero-order valence-corrected chi connectivity index (χ0v) is 15.8. The quantitative estimate of drug-likeness (QED) is 0.383. The van der Waals surface area contributed by atoms with Crippen molar-refractivity contribution in [1.29, 1.82) is 0 Å². The van der Waals surface area contributed by atoms with E-state index in [9.17, 15) is 4.79 Å². The van der Waals surface area contributed by atoms with Gasteiger partial charge in [0.25, 0.3) is 0 Å². The molecular formula is C21H20O3Si. The van der Waals surface area contributed by atoms with Crippen molar-refractivity contribution in [2.75, 3.05) is 7.11 Å². The Morgan fingerprint density at radius 3 is 2.36 bits per heavy atom. The Morgan fingerprint density at radius 2 is 1.72 bits per heavy atom. The summed E-state index contributed by atoms with van der Waals surface area (Å²) in [6, 6.07) is 15.0. The molecule has 1 heterocycles. The van der Waals surface area contributed by atoms with Crippen LogP contribution in [0.1, 0.15) is 5.56 Å². The standard InChI is InChI=1S/C21H20O3Si/c1-23-18-10-9-17-13-19(21(22)24-20(17)14-18)16-7-5-15(6-8-16)11-12-25(2,3)4/h5-10,13-14H,1-4H3. The molecule has 0 N–H and O–H groups in total. The molecule has 3 rings (SSSR count). The van der Waals surface area contributed by atoms with Crippen LogP contribution in [0.2, 0.25) is 19.6 Å². The van der Waals surface area contributed by atoms with Crippen LogP contribution in [0.4, 0.5) is 0 Å². The maximum atomic E-state index is 12.3. The van der Waals surface area contributed by atoms with Gasteiger partial charge in [0.2, 0.25) is 0 Å². The largest absolute Gasteiger partial charge is 0.497 e. The molecule has 0 aliphatic rings. The van der Waals surface area contributed by atoms with Crippen molar-refractivity contribution in [2.24, 2.45) is 0 Å². The van der Waals surface area contributed by atoms with Crippen LogP contribution in [0.5, 0.6) is 5.75 Å². The van der Waals surface area contributed by atoms with Crippen LogP contribution in [0.15, 0.2) is 57.7 Å². The Kier molecular flexibility index (Phi) is 4.52. The zero-order chi connectivity index (χ0) is 18.0. The zero-order valence-electron chi connectivity index (χ0n) is 14.8. The highest BCUT2D eigenvalue weighted by atomic mass is 28.3. The van der Waals surface area contributed by atoms with E-state index in [0.29, 0.717) is 16.9 Å². The molecule has 0 saturated heterocycles. The van der Waals surface area contributed by atoms with E-state index in [4.69, 9.17) is 9.15 Å². The van der Waals surface area contributed by atoms with Crippen LogP contribution in [0.25, 0.3) is 22.1 Å². The lowest BCUT2D eigenvalue weighted by Gasteiger charge is -2.05. The average molecular weight is 348 g/mol. The van der Waals surface area contributed by atoms with E-state index in [-0.39, 0.29) is 5.63 Å². The fourth-order valence-electron chi connectivity index (χ4n) is 2.41. The van der Waals surface area contributed by atoms with Crippen molar-refractivity contribution >= 4 is 19.0 Å². The number of methoxy groups -OCH3 is 1. The lowest BCUT2D eigenvalue weighted by molar-refractivity contribution is 0.414. The topological polar surface area (TPSA) is 39.4 Å². The van der Waals surface area contributed by atoms with E-state index < -0.39 is 8.07 Å². The Labute approximate surface area is 148 Å². The fourth-order valence-corrected chi connectivity index (χ4v) is 2.93. The second kappa shape index (κ2) is 6.62. The number of hydrogen-bond acceptors (Lipinski definition) is 3. The number of benzene rings is 2. The Balaban J connectivity index is 2.00. The van der Waals surface area contributed by atoms with Crippen molar-refractivity contribution in [2.45, 2.75) is 19.6 Å². The van der Waals surface area contributed by atoms with Gasteiger partial charge >= 0.3 is 5.63 Å². The van der Waals surface area contributed by atoms with Gasteiger partial charge in [0.15, 0.2) is 0 Å². The molecule has 0 unspecified atom stereocenters. The number of fused-ring (bicyclic) bond motifs is 1. The van der Waals surface area contributed by atoms with Gasteiger partial charge in [0, 0.05) is 17.0 Å². The normalized spacial score (nSPS) is 11.0. The van der Waals surface area contributed by atoms with Crippen molar-refractivity contribution in [3.8, 4) is 28.3 Å². The highest BCUT2D eigenvalue weighted by Crippen LogP contribution is 2.24. The molecule has 0 radical (unpaired) electrons. The molecule has 4 heteroatoms. The average Bonchev–Trinajstić information content (AvgIpc) is 2.58. The number of ether oxygens (including phenoxy) is 1.